The summed E-state index contributed by atoms with van der Waals surface area (Å²) in [6, 6.07) is 24.0. The van der Waals surface area contributed by atoms with Crippen molar-refractivity contribution in [1.82, 2.24) is 14.8 Å². The van der Waals surface area contributed by atoms with Gasteiger partial charge >= 0.3 is 0 Å². The summed E-state index contributed by atoms with van der Waals surface area (Å²) in [5.41, 5.74) is 7.11. The van der Waals surface area contributed by atoms with Gasteiger partial charge in [0.2, 0.25) is 5.95 Å². The number of rotatable bonds is 4. The van der Waals surface area contributed by atoms with Crippen molar-refractivity contribution in [3.63, 3.8) is 0 Å². The molecular weight excluding hydrogens is 446 g/mol. The Morgan fingerprint density at radius 1 is 0.912 bits per heavy atom. The first kappa shape index (κ1) is 23.3. The fourth-order valence-electron chi connectivity index (χ4n) is 3.91. The lowest BCUT2D eigenvalue weighted by atomic mass is 10.0. The van der Waals surface area contributed by atoms with E-state index in [9.17, 15) is 4.79 Å². The van der Waals surface area contributed by atoms with E-state index in [1.54, 1.807) is 6.07 Å². The van der Waals surface area contributed by atoms with Gasteiger partial charge in [0, 0.05) is 11.3 Å². The van der Waals surface area contributed by atoms with Crippen LogP contribution in [0.2, 0.25) is 0 Å². The highest BCUT2D eigenvalue weighted by Gasteiger charge is 2.26. The molecule has 1 unspecified atom stereocenters. The molecule has 1 aromatic heterocycles. The highest BCUT2D eigenvalue weighted by Crippen LogP contribution is 2.33. The average Bonchev–Trinajstić information content (AvgIpc) is 3.22. The van der Waals surface area contributed by atoms with E-state index < -0.39 is 0 Å². The molecule has 0 saturated carbocycles. The summed E-state index contributed by atoms with van der Waals surface area (Å²) in [6.07, 6.45) is 2.14. The van der Waals surface area contributed by atoms with Crippen LogP contribution in [0.1, 0.15) is 44.2 Å². The zero-order chi connectivity index (χ0) is 22.9. The zero-order valence-corrected chi connectivity index (χ0v) is 20.1. The molecule has 0 aliphatic carbocycles. The van der Waals surface area contributed by atoms with Crippen LogP contribution in [-0.2, 0) is 0 Å². The summed E-state index contributed by atoms with van der Waals surface area (Å²) in [7, 11) is 0. The number of amides is 1. The number of benzene rings is 3. The number of nitrogens with zero attached hydrogens (tertiary/aromatic N) is 3. The summed E-state index contributed by atoms with van der Waals surface area (Å²) >= 11 is 0. The number of aromatic nitrogens is 3. The molecule has 2 heterocycles. The normalized spacial score (nSPS) is 14.3. The predicted octanol–water partition coefficient (Wildman–Crippen LogP) is 5.93. The molecule has 3 aromatic carbocycles. The number of hydrogen-bond donors (Lipinski definition) is 2. The number of hydrogen-bond acceptors (Lipinski definition) is 4. The molecule has 172 valence electrons. The lowest BCUT2D eigenvalue weighted by molar-refractivity contribution is 0.102. The van der Waals surface area contributed by atoms with Crippen LogP contribution in [0.5, 0.6) is 0 Å². The third kappa shape index (κ3) is 4.72. The minimum absolute atomic E-state index is 0. The lowest BCUT2D eigenvalue weighted by Gasteiger charge is -2.24. The van der Waals surface area contributed by atoms with E-state index in [1.807, 2.05) is 29.8 Å². The maximum atomic E-state index is 12.8. The van der Waals surface area contributed by atoms with Crippen molar-refractivity contribution in [2.24, 2.45) is 0 Å². The number of halogens is 1. The third-order valence-electron chi connectivity index (χ3n) is 5.75. The maximum absolute atomic E-state index is 12.8. The lowest BCUT2D eigenvalue weighted by Crippen LogP contribution is -2.20. The number of aryl methyl sites for hydroxylation is 3. The van der Waals surface area contributed by atoms with Crippen LogP contribution in [0.3, 0.4) is 0 Å². The van der Waals surface area contributed by atoms with E-state index in [4.69, 9.17) is 0 Å². The highest BCUT2D eigenvalue weighted by molar-refractivity contribution is 6.03. The SMILES string of the molecule is Cc1ccc(C2=CC(c3ccc(C)cc3)n3nc(NC(=O)c4cccc(C)c4)nc3N2)cc1.Cl. The molecule has 0 spiro atoms. The monoisotopic (exact) mass is 471 g/mol. The Balaban J connectivity index is 0.00000274. The van der Waals surface area contributed by atoms with Crippen molar-refractivity contribution in [3.05, 3.63) is 112 Å². The van der Waals surface area contributed by atoms with Crippen LogP contribution >= 0.6 is 12.4 Å². The molecule has 0 fully saturated rings. The average molecular weight is 472 g/mol. The molecule has 0 saturated heterocycles. The predicted molar refractivity (Wildman–Crippen MR) is 138 cm³/mol. The van der Waals surface area contributed by atoms with Crippen LogP contribution in [-0.4, -0.2) is 20.7 Å². The first-order valence-corrected chi connectivity index (χ1v) is 10.9. The molecular formula is C27H26ClN5O. The van der Waals surface area contributed by atoms with E-state index in [0.717, 1.165) is 22.4 Å². The Labute approximate surface area is 205 Å². The van der Waals surface area contributed by atoms with E-state index >= 15 is 0 Å². The summed E-state index contributed by atoms with van der Waals surface area (Å²) in [6.45, 7) is 6.10. The molecule has 34 heavy (non-hydrogen) atoms. The fourth-order valence-corrected chi connectivity index (χ4v) is 3.91. The van der Waals surface area contributed by atoms with E-state index in [0.29, 0.717) is 11.5 Å². The van der Waals surface area contributed by atoms with Crippen molar-refractivity contribution < 1.29 is 4.79 Å². The second-order valence-corrected chi connectivity index (χ2v) is 8.45. The first-order valence-electron chi connectivity index (χ1n) is 10.9. The number of carbonyl (C=O) groups is 1. The van der Waals surface area contributed by atoms with Crippen molar-refractivity contribution >= 4 is 35.9 Å². The van der Waals surface area contributed by atoms with Crippen LogP contribution in [0, 0.1) is 20.8 Å². The molecule has 1 amide bonds. The second-order valence-electron chi connectivity index (χ2n) is 8.45. The van der Waals surface area contributed by atoms with Crippen LogP contribution in [0.25, 0.3) is 5.70 Å². The molecule has 0 bridgehead atoms. The van der Waals surface area contributed by atoms with E-state index in [1.165, 1.54) is 11.1 Å². The van der Waals surface area contributed by atoms with Crippen molar-refractivity contribution in [1.29, 1.82) is 0 Å². The van der Waals surface area contributed by atoms with E-state index in [2.05, 4.69) is 89.2 Å². The smallest absolute Gasteiger partial charge is 0.258 e. The summed E-state index contributed by atoms with van der Waals surface area (Å²) < 4.78 is 1.81. The van der Waals surface area contributed by atoms with Crippen molar-refractivity contribution in [3.8, 4) is 0 Å². The standard InChI is InChI=1S/C27H25N5O.ClH/c1-17-7-11-20(12-8-17)23-16-24(21-13-9-18(2)10-14-21)32-27(28-23)30-26(31-32)29-25(33)22-6-4-5-19(3)15-22;/h4-16,24H,1-3H3,(H2,28,29,30,31,33);1H. The molecule has 2 N–H and O–H groups in total. The maximum Gasteiger partial charge on any atom is 0.258 e. The quantitative estimate of drug-likeness (QED) is 0.386. The molecule has 6 nitrogen and oxygen atoms in total. The van der Waals surface area contributed by atoms with Gasteiger partial charge in [0.25, 0.3) is 11.9 Å². The van der Waals surface area contributed by atoms with Crippen LogP contribution < -0.4 is 10.6 Å². The van der Waals surface area contributed by atoms with Gasteiger partial charge in [-0.15, -0.1) is 17.5 Å². The van der Waals surface area contributed by atoms with Crippen molar-refractivity contribution in [2.45, 2.75) is 26.8 Å². The van der Waals surface area contributed by atoms with Gasteiger partial charge in [0.05, 0.1) is 0 Å². The zero-order valence-electron chi connectivity index (χ0n) is 19.2. The number of anilines is 2. The Hall–Kier alpha value is -3.90. The van der Waals surface area contributed by atoms with Gasteiger partial charge in [-0.25, -0.2) is 4.68 Å². The van der Waals surface area contributed by atoms with Gasteiger partial charge in [-0.3, -0.25) is 10.1 Å². The minimum atomic E-state index is -0.236. The topological polar surface area (TPSA) is 71.8 Å². The second kappa shape index (κ2) is 9.53. The van der Waals surface area contributed by atoms with Crippen LogP contribution in [0.15, 0.2) is 78.9 Å². The van der Waals surface area contributed by atoms with Gasteiger partial charge in [-0.2, -0.15) is 4.98 Å². The molecule has 1 aliphatic heterocycles. The number of fused-ring (bicyclic) bond motifs is 1. The van der Waals surface area contributed by atoms with Gasteiger partial charge in [-0.1, -0.05) is 77.4 Å². The summed E-state index contributed by atoms with van der Waals surface area (Å²) in [5, 5.41) is 10.9. The Kier molecular flexibility index (Phi) is 6.52. The molecule has 1 aliphatic rings. The molecule has 4 aromatic rings. The van der Waals surface area contributed by atoms with Crippen LogP contribution in [0.4, 0.5) is 11.9 Å². The Bertz CT molecular complexity index is 1360. The molecule has 7 heteroatoms. The highest BCUT2D eigenvalue weighted by atomic mass is 35.5. The molecule has 1 atom stereocenters. The van der Waals surface area contributed by atoms with Crippen molar-refractivity contribution in [2.75, 3.05) is 10.6 Å². The Morgan fingerprint density at radius 3 is 2.26 bits per heavy atom. The van der Waals surface area contributed by atoms with Gasteiger partial charge in [0.1, 0.15) is 6.04 Å². The molecule has 0 radical (unpaired) electrons. The third-order valence-corrected chi connectivity index (χ3v) is 5.75. The van der Waals surface area contributed by atoms with Gasteiger partial charge in [0.15, 0.2) is 0 Å². The molecule has 5 rings (SSSR count). The first-order chi connectivity index (χ1) is 16.0. The fraction of sp³-hybridized carbons (Fsp3) is 0.148. The Morgan fingerprint density at radius 2 is 1.59 bits per heavy atom. The number of nitrogens with one attached hydrogen (secondary N) is 2. The summed E-state index contributed by atoms with van der Waals surface area (Å²) in [4.78, 5) is 17.3. The van der Waals surface area contributed by atoms with Gasteiger partial charge < -0.3 is 5.32 Å². The minimum Gasteiger partial charge on any atom is -0.324 e. The van der Waals surface area contributed by atoms with E-state index in [-0.39, 0.29) is 30.3 Å². The number of carbonyl (C=O) groups excluding carboxylic acids is 1. The number of allylic oxidation sites excluding steroid dienone is 1. The largest absolute Gasteiger partial charge is 0.324 e. The van der Waals surface area contributed by atoms with Gasteiger partial charge in [-0.05, 0) is 50.1 Å². The summed E-state index contributed by atoms with van der Waals surface area (Å²) in [5.74, 6) is 0.609.